The number of esters is 1. The first-order valence-corrected chi connectivity index (χ1v) is 11.1. The molecule has 1 fully saturated rings. The third-order valence-electron chi connectivity index (χ3n) is 4.81. The summed E-state index contributed by atoms with van der Waals surface area (Å²) < 4.78 is 6.89. The summed E-state index contributed by atoms with van der Waals surface area (Å²) >= 11 is 2.96. The van der Waals surface area contributed by atoms with E-state index >= 15 is 0 Å². The monoisotopic (exact) mass is 429 g/mol. The van der Waals surface area contributed by atoms with Crippen molar-refractivity contribution in [2.75, 3.05) is 17.7 Å². The molecule has 1 aliphatic heterocycles. The standard InChI is InChI=1S/C20H19N3O4S2/c1-12-11-29-20-21-14(7-18(25)23(12)20)10-27-19(26)13-6-17(24)22(9-13)15-4-3-5-16(8-15)28-2/h3-5,7-8,11,13H,6,9-10H2,1-2H3/t13-/m1/s1. The molecule has 9 heteroatoms. The van der Waals surface area contributed by atoms with Crippen molar-refractivity contribution in [2.45, 2.75) is 24.8 Å². The van der Waals surface area contributed by atoms with Crippen LogP contribution in [0.2, 0.25) is 0 Å². The third kappa shape index (κ3) is 3.92. The van der Waals surface area contributed by atoms with Crippen LogP contribution in [0.5, 0.6) is 0 Å². The SMILES string of the molecule is CSc1cccc(N2C[C@H](C(=O)OCc3cc(=O)n4c(C)csc4n3)CC2=O)c1. The molecule has 3 aromatic rings. The lowest BCUT2D eigenvalue weighted by Gasteiger charge is -2.17. The maximum Gasteiger partial charge on any atom is 0.311 e. The molecule has 7 nitrogen and oxygen atoms in total. The Hall–Kier alpha value is -2.65. The minimum Gasteiger partial charge on any atom is -0.459 e. The van der Waals surface area contributed by atoms with Crippen LogP contribution in [-0.2, 0) is 20.9 Å². The number of hydrogen-bond donors (Lipinski definition) is 0. The number of nitrogens with zero attached hydrogens (tertiary/aromatic N) is 3. The number of amides is 1. The maximum absolute atomic E-state index is 12.5. The Balaban J connectivity index is 1.43. The van der Waals surface area contributed by atoms with Gasteiger partial charge in [-0.1, -0.05) is 6.07 Å². The van der Waals surface area contributed by atoms with E-state index < -0.39 is 11.9 Å². The molecule has 0 aliphatic carbocycles. The van der Waals surface area contributed by atoms with E-state index in [0.29, 0.717) is 10.7 Å². The minimum atomic E-state index is -0.533. The summed E-state index contributed by atoms with van der Waals surface area (Å²) in [5.74, 6) is -1.09. The van der Waals surface area contributed by atoms with Gasteiger partial charge in [0.15, 0.2) is 4.96 Å². The van der Waals surface area contributed by atoms with Crippen LogP contribution in [0.25, 0.3) is 4.96 Å². The largest absolute Gasteiger partial charge is 0.459 e. The number of benzene rings is 1. The van der Waals surface area contributed by atoms with Crippen molar-refractivity contribution < 1.29 is 14.3 Å². The number of aromatic nitrogens is 2. The van der Waals surface area contributed by atoms with Gasteiger partial charge in [-0.05, 0) is 31.4 Å². The molecule has 0 unspecified atom stereocenters. The Kier molecular flexibility index (Phi) is 5.42. The van der Waals surface area contributed by atoms with Crippen molar-refractivity contribution in [2.24, 2.45) is 5.92 Å². The fraction of sp³-hybridized carbons (Fsp3) is 0.300. The Morgan fingerprint density at radius 1 is 1.34 bits per heavy atom. The number of ether oxygens (including phenoxy) is 1. The van der Waals surface area contributed by atoms with Gasteiger partial charge in [-0.25, -0.2) is 4.98 Å². The minimum absolute atomic E-state index is 0.0891. The van der Waals surface area contributed by atoms with Gasteiger partial charge in [0.2, 0.25) is 5.91 Å². The zero-order valence-corrected chi connectivity index (χ0v) is 17.6. The summed E-state index contributed by atoms with van der Waals surface area (Å²) in [6.07, 6.45) is 2.08. The van der Waals surface area contributed by atoms with E-state index in [4.69, 9.17) is 4.74 Å². The topological polar surface area (TPSA) is 81.0 Å². The quantitative estimate of drug-likeness (QED) is 0.458. The summed E-state index contributed by atoms with van der Waals surface area (Å²) in [4.78, 5) is 44.7. The predicted molar refractivity (Wildman–Crippen MR) is 113 cm³/mol. The highest BCUT2D eigenvalue weighted by Gasteiger charge is 2.36. The van der Waals surface area contributed by atoms with Gasteiger partial charge in [-0.2, -0.15) is 0 Å². The van der Waals surface area contributed by atoms with Crippen LogP contribution in [0, 0.1) is 12.8 Å². The van der Waals surface area contributed by atoms with Crippen LogP contribution in [0.1, 0.15) is 17.8 Å². The number of carbonyl (C=O) groups excluding carboxylic acids is 2. The molecule has 1 saturated heterocycles. The second kappa shape index (κ2) is 8.00. The van der Waals surface area contributed by atoms with Crippen molar-refractivity contribution in [1.29, 1.82) is 0 Å². The van der Waals surface area contributed by atoms with Crippen LogP contribution in [0.3, 0.4) is 0 Å². The van der Waals surface area contributed by atoms with Gasteiger partial charge in [-0.3, -0.25) is 18.8 Å². The highest BCUT2D eigenvalue weighted by molar-refractivity contribution is 7.98. The predicted octanol–water partition coefficient (Wildman–Crippen LogP) is 2.88. The molecular weight excluding hydrogens is 410 g/mol. The average Bonchev–Trinajstić information content (AvgIpc) is 3.29. The number of carbonyl (C=O) groups is 2. The van der Waals surface area contributed by atoms with Crippen molar-refractivity contribution in [1.82, 2.24) is 9.38 Å². The molecule has 3 heterocycles. The van der Waals surface area contributed by atoms with Crippen molar-refractivity contribution >= 4 is 45.6 Å². The van der Waals surface area contributed by atoms with Crippen LogP contribution >= 0.6 is 23.1 Å². The fourth-order valence-electron chi connectivity index (χ4n) is 3.33. The number of rotatable bonds is 5. The van der Waals surface area contributed by atoms with Crippen molar-refractivity contribution in [3.05, 3.63) is 57.5 Å². The molecule has 1 aromatic carbocycles. The van der Waals surface area contributed by atoms with Gasteiger partial charge in [0.1, 0.15) is 6.61 Å². The highest BCUT2D eigenvalue weighted by atomic mass is 32.2. The lowest BCUT2D eigenvalue weighted by atomic mass is 10.1. The van der Waals surface area contributed by atoms with Gasteiger partial charge in [-0.15, -0.1) is 23.1 Å². The first-order valence-electron chi connectivity index (χ1n) is 9.04. The Morgan fingerprint density at radius 3 is 2.97 bits per heavy atom. The van der Waals surface area contributed by atoms with Crippen LogP contribution in [0.4, 0.5) is 5.69 Å². The smallest absolute Gasteiger partial charge is 0.311 e. The van der Waals surface area contributed by atoms with Gasteiger partial charge in [0, 0.05) is 40.7 Å². The van der Waals surface area contributed by atoms with E-state index in [1.54, 1.807) is 16.7 Å². The Labute approximate surface area is 175 Å². The molecule has 2 aromatic heterocycles. The van der Waals surface area contributed by atoms with Crippen molar-refractivity contribution in [3.63, 3.8) is 0 Å². The van der Waals surface area contributed by atoms with Crippen LogP contribution < -0.4 is 10.5 Å². The molecule has 4 rings (SSSR count). The summed E-state index contributed by atoms with van der Waals surface area (Å²) in [7, 11) is 0. The van der Waals surface area contributed by atoms with E-state index in [1.807, 2.05) is 42.8 Å². The molecule has 0 bridgehead atoms. The lowest BCUT2D eigenvalue weighted by molar-refractivity contribution is -0.149. The molecule has 150 valence electrons. The van der Waals surface area contributed by atoms with Crippen molar-refractivity contribution in [3.8, 4) is 0 Å². The molecule has 29 heavy (non-hydrogen) atoms. The molecule has 1 aliphatic rings. The van der Waals surface area contributed by atoms with E-state index in [9.17, 15) is 14.4 Å². The second-order valence-corrected chi connectivity index (χ2v) is 8.51. The number of aryl methyl sites for hydroxylation is 1. The van der Waals surface area contributed by atoms with E-state index in [1.165, 1.54) is 21.8 Å². The number of fused-ring (bicyclic) bond motifs is 1. The molecule has 1 atom stereocenters. The number of thiazole rings is 1. The number of anilines is 1. The second-order valence-electron chi connectivity index (χ2n) is 6.80. The molecular formula is C20H19N3O4S2. The average molecular weight is 430 g/mol. The van der Waals surface area contributed by atoms with E-state index in [-0.39, 0.29) is 31.0 Å². The van der Waals surface area contributed by atoms with Gasteiger partial charge < -0.3 is 9.64 Å². The van der Waals surface area contributed by atoms with Gasteiger partial charge in [0.25, 0.3) is 5.56 Å². The highest BCUT2D eigenvalue weighted by Crippen LogP contribution is 2.28. The molecule has 1 amide bonds. The van der Waals surface area contributed by atoms with Gasteiger partial charge >= 0.3 is 5.97 Å². The van der Waals surface area contributed by atoms with Gasteiger partial charge in [0.05, 0.1) is 11.6 Å². The molecule has 0 spiro atoms. The van der Waals surface area contributed by atoms with E-state index in [0.717, 1.165) is 16.3 Å². The first kappa shape index (κ1) is 19.7. The Morgan fingerprint density at radius 2 is 2.17 bits per heavy atom. The maximum atomic E-state index is 12.5. The lowest BCUT2D eigenvalue weighted by Crippen LogP contribution is -2.26. The first-order chi connectivity index (χ1) is 14.0. The normalized spacial score (nSPS) is 16.6. The third-order valence-corrected chi connectivity index (χ3v) is 6.48. The molecule has 0 N–H and O–H groups in total. The van der Waals surface area contributed by atoms with E-state index in [2.05, 4.69) is 4.98 Å². The fourth-order valence-corrected chi connectivity index (χ4v) is 4.68. The number of hydrogen-bond acceptors (Lipinski definition) is 7. The zero-order valence-electron chi connectivity index (χ0n) is 16.0. The summed E-state index contributed by atoms with van der Waals surface area (Å²) in [5.41, 5.74) is 1.81. The summed E-state index contributed by atoms with van der Waals surface area (Å²) in [6, 6.07) is 9.04. The zero-order chi connectivity index (χ0) is 20.5. The van der Waals surface area contributed by atoms with Crippen LogP contribution in [0.15, 0.2) is 45.4 Å². The molecule has 0 saturated carbocycles. The number of thioether (sulfide) groups is 1. The Bertz CT molecular complexity index is 1150. The summed E-state index contributed by atoms with van der Waals surface area (Å²) in [6.45, 7) is 2.03. The summed E-state index contributed by atoms with van der Waals surface area (Å²) in [5, 5.41) is 1.85. The van der Waals surface area contributed by atoms with Crippen LogP contribution in [-0.4, -0.2) is 34.1 Å². The molecule has 0 radical (unpaired) electrons.